The van der Waals surface area contributed by atoms with E-state index in [-0.39, 0.29) is 16.9 Å². The van der Waals surface area contributed by atoms with E-state index in [9.17, 15) is 13.2 Å². The SMILES string of the molecule is CC1CN(S(=O)(=O)c2ccc(C(=O)N3CCCC3)cc2)CCO1. The number of likely N-dealkylation sites (tertiary alicyclic amines) is 1. The van der Waals surface area contributed by atoms with Gasteiger partial charge in [0.1, 0.15) is 0 Å². The summed E-state index contributed by atoms with van der Waals surface area (Å²) in [5.41, 5.74) is 0.543. The van der Waals surface area contributed by atoms with Crippen molar-refractivity contribution < 1.29 is 17.9 Å². The minimum absolute atomic E-state index is 0.0218. The van der Waals surface area contributed by atoms with E-state index in [0.29, 0.717) is 25.3 Å². The molecule has 0 spiro atoms. The highest BCUT2D eigenvalue weighted by molar-refractivity contribution is 7.89. The number of ether oxygens (including phenoxy) is 1. The number of morpholine rings is 1. The van der Waals surface area contributed by atoms with Crippen molar-refractivity contribution in [3.8, 4) is 0 Å². The molecular weight excluding hydrogens is 316 g/mol. The maximum absolute atomic E-state index is 12.6. The molecule has 2 fully saturated rings. The van der Waals surface area contributed by atoms with Gasteiger partial charge in [0.05, 0.1) is 17.6 Å². The lowest BCUT2D eigenvalue weighted by atomic mass is 10.2. The van der Waals surface area contributed by atoms with Crippen molar-refractivity contribution in [2.75, 3.05) is 32.8 Å². The number of carbonyl (C=O) groups is 1. The summed E-state index contributed by atoms with van der Waals surface area (Å²) in [4.78, 5) is 14.3. The van der Waals surface area contributed by atoms with Crippen LogP contribution in [0.5, 0.6) is 0 Å². The molecule has 2 aliphatic heterocycles. The van der Waals surface area contributed by atoms with Crippen molar-refractivity contribution >= 4 is 15.9 Å². The van der Waals surface area contributed by atoms with Gasteiger partial charge in [-0.15, -0.1) is 0 Å². The van der Waals surface area contributed by atoms with Crippen LogP contribution < -0.4 is 0 Å². The molecule has 0 aliphatic carbocycles. The first-order chi connectivity index (χ1) is 11.0. The molecule has 126 valence electrons. The third kappa shape index (κ3) is 3.41. The normalized spacial score (nSPS) is 23.2. The molecule has 0 radical (unpaired) electrons. The fraction of sp³-hybridized carbons (Fsp3) is 0.562. The maximum Gasteiger partial charge on any atom is 0.253 e. The van der Waals surface area contributed by atoms with Gasteiger partial charge in [-0.05, 0) is 44.0 Å². The average molecular weight is 338 g/mol. The van der Waals surface area contributed by atoms with Crippen LogP contribution in [0.25, 0.3) is 0 Å². The van der Waals surface area contributed by atoms with E-state index in [1.807, 2.05) is 11.8 Å². The van der Waals surface area contributed by atoms with Crippen LogP contribution in [0.4, 0.5) is 0 Å². The molecule has 7 heteroatoms. The maximum atomic E-state index is 12.6. The number of rotatable bonds is 3. The van der Waals surface area contributed by atoms with E-state index in [1.54, 1.807) is 12.1 Å². The Morgan fingerprint density at radius 2 is 1.78 bits per heavy atom. The standard InChI is InChI=1S/C16H22N2O4S/c1-13-12-18(10-11-22-13)23(20,21)15-6-4-14(5-7-15)16(19)17-8-2-3-9-17/h4-7,13H,2-3,8-12H2,1H3. The summed E-state index contributed by atoms with van der Waals surface area (Å²) in [7, 11) is -3.53. The van der Waals surface area contributed by atoms with Gasteiger partial charge in [0.15, 0.2) is 0 Å². The predicted octanol–water partition coefficient (Wildman–Crippen LogP) is 1.33. The summed E-state index contributed by atoms with van der Waals surface area (Å²) in [6, 6.07) is 6.27. The largest absolute Gasteiger partial charge is 0.376 e. The number of amides is 1. The molecule has 2 heterocycles. The van der Waals surface area contributed by atoms with Gasteiger partial charge < -0.3 is 9.64 Å². The Kier molecular flexibility index (Phi) is 4.70. The summed E-state index contributed by atoms with van der Waals surface area (Å²) >= 11 is 0. The predicted molar refractivity (Wildman–Crippen MR) is 85.8 cm³/mol. The summed E-state index contributed by atoms with van der Waals surface area (Å²) in [6.07, 6.45) is 1.97. The lowest BCUT2D eigenvalue weighted by Gasteiger charge is -2.30. The highest BCUT2D eigenvalue weighted by Crippen LogP contribution is 2.20. The van der Waals surface area contributed by atoms with E-state index in [1.165, 1.54) is 16.4 Å². The van der Waals surface area contributed by atoms with E-state index in [0.717, 1.165) is 25.9 Å². The zero-order valence-electron chi connectivity index (χ0n) is 13.3. The Morgan fingerprint density at radius 1 is 1.13 bits per heavy atom. The van der Waals surface area contributed by atoms with Crippen molar-refractivity contribution in [3.63, 3.8) is 0 Å². The average Bonchev–Trinajstić information content (AvgIpc) is 3.09. The van der Waals surface area contributed by atoms with Gasteiger partial charge in [0.2, 0.25) is 10.0 Å². The Labute approximate surface area is 137 Å². The van der Waals surface area contributed by atoms with Crippen LogP contribution in [0.3, 0.4) is 0 Å². The van der Waals surface area contributed by atoms with E-state index in [4.69, 9.17) is 4.74 Å². The summed E-state index contributed by atoms with van der Waals surface area (Å²) in [5, 5.41) is 0. The Morgan fingerprint density at radius 3 is 2.39 bits per heavy atom. The molecule has 0 aromatic heterocycles. The minimum atomic E-state index is -3.53. The molecule has 1 aromatic rings. The quantitative estimate of drug-likeness (QED) is 0.834. The molecule has 0 bridgehead atoms. The minimum Gasteiger partial charge on any atom is -0.376 e. The Balaban J connectivity index is 1.77. The molecule has 2 saturated heterocycles. The highest BCUT2D eigenvalue weighted by atomic mass is 32.2. The summed E-state index contributed by atoms with van der Waals surface area (Å²) < 4.78 is 32.1. The van der Waals surface area contributed by atoms with Crippen molar-refractivity contribution in [1.82, 2.24) is 9.21 Å². The highest BCUT2D eigenvalue weighted by Gasteiger charge is 2.29. The molecule has 0 N–H and O–H groups in total. The second-order valence-electron chi connectivity index (χ2n) is 6.07. The Bertz CT molecular complexity index is 666. The van der Waals surface area contributed by atoms with Crippen molar-refractivity contribution in [2.24, 2.45) is 0 Å². The molecular formula is C16H22N2O4S. The molecule has 1 aromatic carbocycles. The van der Waals surface area contributed by atoms with Crippen LogP contribution in [0.15, 0.2) is 29.2 Å². The van der Waals surface area contributed by atoms with Gasteiger partial charge in [0, 0.05) is 31.7 Å². The van der Waals surface area contributed by atoms with Crippen LogP contribution in [-0.2, 0) is 14.8 Å². The zero-order chi connectivity index (χ0) is 16.4. The molecule has 1 atom stereocenters. The number of hydrogen-bond donors (Lipinski definition) is 0. The third-order valence-corrected chi connectivity index (χ3v) is 6.22. The van der Waals surface area contributed by atoms with Gasteiger partial charge in [-0.1, -0.05) is 0 Å². The lowest BCUT2D eigenvalue weighted by molar-refractivity contribution is 0.0102. The zero-order valence-corrected chi connectivity index (χ0v) is 14.1. The smallest absolute Gasteiger partial charge is 0.253 e. The topological polar surface area (TPSA) is 66.9 Å². The second kappa shape index (κ2) is 6.59. The molecule has 23 heavy (non-hydrogen) atoms. The van der Waals surface area contributed by atoms with Gasteiger partial charge in [0.25, 0.3) is 5.91 Å². The van der Waals surface area contributed by atoms with Crippen molar-refractivity contribution in [2.45, 2.75) is 30.8 Å². The third-order valence-electron chi connectivity index (χ3n) is 4.34. The first-order valence-electron chi connectivity index (χ1n) is 7.99. The first-order valence-corrected chi connectivity index (χ1v) is 9.43. The fourth-order valence-corrected chi connectivity index (χ4v) is 4.53. The van der Waals surface area contributed by atoms with Gasteiger partial charge in [-0.25, -0.2) is 8.42 Å². The van der Waals surface area contributed by atoms with Crippen molar-refractivity contribution in [1.29, 1.82) is 0 Å². The number of carbonyl (C=O) groups excluding carboxylic acids is 1. The van der Waals surface area contributed by atoms with Crippen LogP contribution in [0.1, 0.15) is 30.1 Å². The molecule has 2 aliphatic rings. The monoisotopic (exact) mass is 338 g/mol. The van der Waals surface area contributed by atoms with Gasteiger partial charge >= 0.3 is 0 Å². The number of nitrogens with zero attached hydrogens (tertiary/aromatic N) is 2. The summed E-state index contributed by atoms with van der Waals surface area (Å²) in [5.74, 6) is -0.0218. The van der Waals surface area contributed by atoms with E-state index >= 15 is 0 Å². The second-order valence-corrected chi connectivity index (χ2v) is 8.01. The van der Waals surface area contributed by atoms with Crippen LogP contribution in [-0.4, -0.2) is 62.4 Å². The lowest BCUT2D eigenvalue weighted by Crippen LogP contribution is -2.44. The van der Waals surface area contributed by atoms with Crippen molar-refractivity contribution in [3.05, 3.63) is 29.8 Å². The molecule has 1 amide bonds. The van der Waals surface area contributed by atoms with Gasteiger partial charge in [-0.2, -0.15) is 4.31 Å². The van der Waals surface area contributed by atoms with Crippen LogP contribution in [0, 0.1) is 0 Å². The molecule has 3 rings (SSSR count). The van der Waals surface area contributed by atoms with Crippen LogP contribution in [0.2, 0.25) is 0 Å². The molecule has 0 saturated carbocycles. The Hall–Kier alpha value is -1.44. The van der Waals surface area contributed by atoms with Gasteiger partial charge in [-0.3, -0.25) is 4.79 Å². The van der Waals surface area contributed by atoms with E-state index < -0.39 is 10.0 Å². The molecule has 1 unspecified atom stereocenters. The number of sulfonamides is 1. The first kappa shape index (κ1) is 16.4. The number of benzene rings is 1. The van der Waals surface area contributed by atoms with Crippen LogP contribution >= 0.6 is 0 Å². The van der Waals surface area contributed by atoms with E-state index in [2.05, 4.69) is 0 Å². The fourth-order valence-electron chi connectivity index (χ4n) is 3.03. The number of hydrogen-bond acceptors (Lipinski definition) is 4. The molecule has 6 nitrogen and oxygen atoms in total. The summed E-state index contributed by atoms with van der Waals surface area (Å²) in [6.45, 7) is 4.55.